The van der Waals surface area contributed by atoms with Gasteiger partial charge in [-0.05, 0) is 43.4 Å². The summed E-state index contributed by atoms with van der Waals surface area (Å²) in [6, 6.07) is -1.71. The van der Waals surface area contributed by atoms with Gasteiger partial charge in [0.1, 0.15) is 11.9 Å². The van der Waals surface area contributed by atoms with Crippen LogP contribution in [0.1, 0.15) is 58.4 Å². The van der Waals surface area contributed by atoms with Crippen LogP contribution < -0.4 is 10.6 Å². The van der Waals surface area contributed by atoms with Crippen LogP contribution in [-0.2, 0) is 30.3 Å². The standard InChI is InChI=1S/C26H34F3N5O8/c1-4-40-22(36)20-33(13-16-10-11-30-18(12-16)31-24(38)42-14-41-21(35)15(2)3)25(39)34(20)23(37)32-19(26(27,28)29)17-8-6-5-7-9-17/h10-12,15,17,19-20H,4-9,13-14H2,1-3H3,(H,32,37)(H,30,31,38)/t19-,20+/m0/s1. The van der Waals surface area contributed by atoms with Crippen molar-refractivity contribution in [3.8, 4) is 0 Å². The van der Waals surface area contributed by atoms with Gasteiger partial charge >= 0.3 is 36.3 Å². The van der Waals surface area contributed by atoms with Crippen LogP contribution in [0.5, 0.6) is 0 Å². The van der Waals surface area contributed by atoms with Crippen molar-refractivity contribution in [3.05, 3.63) is 23.9 Å². The number of pyridine rings is 1. The van der Waals surface area contributed by atoms with E-state index in [4.69, 9.17) is 14.2 Å². The van der Waals surface area contributed by atoms with E-state index in [1.54, 1.807) is 13.8 Å². The Morgan fingerprint density at radius 3 is 2.40 bits per heavy atom. The summed E-state index contributed by atoms with van der Waals surface area (Å²) in [6.45, 7) is 3.72. The summed E-state index contributed by atoms with van der Waals surface area (Å²) in [5.41, 5.74) is 0.351. The van der Waals surface area contributed by atoms with Crippen molar-refractivity contribution in [1.29, 1.82) is 0 Å². The Hall–Kier alpha value is -4.11. The number of amides is 5. The molecule has 0 unspecified atom stereocenters. The van der Waals surface area contributed by atoms with Crippen molar-refractivity contribution in [1.82, 2.24) is 20.1 Å². The first-order chi connectivity index (χ1) is 19.8. The van der Waals surface area contributed by atoms with Crippen LogP contribution in [-0.4, -0.2) is 76.7 Å². The van der Waals surface area contributed by atoms with E-state index in [0.29, 0.717) is 23.3 Å². The Labute approximate surface area is 240 Å². The second kappa shape index (κ2) is 14.2. The van der Waals surface area contributed by atoms with E-state index < -0.39 is 67.1 Å². The largest absolute Gasteiger partial charge is 0.463 e. The molecule has 16 heteroatoms. The minimum Gasteiger partial charge on any atom is -0.463 e. The number of urea groups is 2. The number of aromatic nitrogens is 1. The first-order valence-corrected chi connectivity index (χ1v) is 13.5. The fourth-order valence-corrected chi connectivity index (χ4v) is 4.66. The van der Waals surface area contributed by atoms with E-state index in [-0.39, 0.29) is 31.8 Å². The Balaban J connectivity index is 1.68. The lowest BCUT2D eigenvalue weighted by Gasteiger charge is -2.47. The number of rotatable bonds is 10. The lowest BCUT2D eigenvalue weighted by molar-refractivity contribution is -0.169. The van der Waals surface area contributed by atoms with Crippen molar-refractivity contribution in [2.45, 2.75) is 77.8 Å². The highest BCUT2D eigenvalue weighted by Crippen LogP contribution is 2.35. The molecule has 2 fully saturated rings. The average molecular weight is 602 g/mol. The highest BCUT2D eigenvalue weighted by atomic mass is 19.4. The van der Waals surface area contributed by atoms with Gasteiger partial charge < -0.3 is 19.5 Å². The average Bonchev–Trinajstić information content (AvgIpc) is 2.93. The molecule has 5 amide bonds. The highest BCUT2D eigenvalue weighted by Gasteiger charge is 2.55. The van der Waals surface area contributed by atoms with Crippen molar-refractivity contribution in [2.75, 3.05) is 18.7 Å². The molecule has 3 rings (SSSR count). The van der Waals surface area contributed by atoms with Crippen LogP contribution in [0, 0.1) is 11.8 Å². The van der Waals surface area contributed by atoms with E-state index in [0.717, 1.165) is 11.3 Å². The zero-order valence-corrected chi connectivity index (χ0v) is 23.4. The third kappa shape index (κ3) is 8.22. The van der Waals surface area contributed by atoms with Gasteiger partial charge in [0.25, 0.3) is 0 Å². The molecule has 1 aromatic heterocycles. The Morgan fingerprint density at radius 1 is 1.10 bits per heavy atom. The number of nitrogens with one attached hydrogen (secondary N) is 2. The molecule has 13 nitrogen and oxygen atoms in total. The van der Waals surface area contributed by atoms with Gasteiger partial charge in [-0.25, -0.2) is 29.1 Å². The maximum absolute atomic E-state index is 13.9. The molecule has 42 heavy (non-hydrogen) atoms. The van der Waals surface area contributed by atoms with Crippen LogP contribution in [0.3, 0.4) is 0 Å². The number of anilines is 1. The molecule has 2 heterocycles. The van der Waals surface area contributed by atoms with E-state index in [1.165, 1.54) is 25.3 Å². The van der Waals surface area contributed by atoms with Crippen molar-refractivity contribution in [3.63, 3.8) is 0 Å². The van der Waals surface area contributed by atoms with Gasteiger partial charge in [0, 0.05) is 6.20 Å². The maximum atomic E-state index is 13.9. The molecule has 0 aromatic carbocycles. The van der Waals surface area contributed by atoms with Crippen LogP contribution in [0.2, 0.25) is 0 Å². The predicted octanol–water partition coefficient (Wildman–Crippen LogP) is 4.13. The number of nitrogens with zero attached hydrogens (tertiary/aromatic N) is 3. The Bertz CT molecular complexity index is 1160. The fraction of sp³-hybridized carbons (Fsp3) is 0.615. The molecule has 232 valence electrons. The lowest BCUT2D eigenvalue weighted by Crippen LogP contribution is -2.74. The summed E-state index contributed by atoms with van der Waals surface area (Å²) in [5.74, 6) is -2.83. The maximum Gasteiger partial charge on any atom is 0.415 e. The quantitative estimate of drug-likeness (QED) is 0.297. The number of imide groups is 1. The number of hydrogen-bond donors (Lipinski definition) is 2. The van der Waals surface area contributed by atoms with Gasteiger partial charge in [-0.2, -0.15) is 13.2 Å². The second-order valence-corrected chi connectivity index (χ2v) is 10.1. The summed E-state index contributed by atoms with van der Waals surface area (Å²) in [4.78, 5) is 67.4. The molecule has 1 aromatic rings. The topological polar surface area (TPSA) is 156 Å². The van der Waals surface area contributed by atoms with Gasteiger partial charge in [-0.3, -0.25) is 15.0 Å². The number of carbonyl (C=O) groups is 5. The first kappa shape index (κ1) is 32.4. The van der Waals surface area contributed by atoms with Gasteiger partial charge in [0.2, 0.25) is 13.0 Å². The second-order valence-electron chi connectivity index (χ2n) is 10.1. The number of carbonyl (C=O) groups excluding carboxylic acids is 5. The number of alkyl halides is 3. The minimum atomic E-state index is -4.75. The zero-order valence-electron chi connectivity index (χ0n) is 23.4. The molecule has 2 atom stereocenters. The van der Waals surface area contributed by atoms with Crippen molar-refractivity contribution < 1.29 is 51.4 Å². The van der Waals surface area contributed by atoms with Crippen molar-refractivity contribution >= 4 is 35.9 Å². The first-order valence-electron chi connectivity index (χ1n) is 13.5. The highest BCUT2D eigenvalue weighted by molar-refractivity contribution is 6.04. The third-order valence-electron chi connectivity index (χ3n) is 6.73. The number of ether oxygens (including phenoxy) is 3. The molecular formula is C26H34F3N5O8. The molecule has 2 N–H and O–H groups in total. The molecule has 0 radical (unpaired) electrons. The van der Waals surface area contributed by atoms with Gasteiger partial charge in [0.15, 0.2) is 0 Å². The Kier molecular flexibility index (Phi) is 10.9. The molecule has 2 aliphatic rings. The number of esters is 2. The van der Waals surface area contributed by atoms with Crippen molar-refractivity contribution in [2.24, 2.45) is 11.8 Å². The summed E-state index contributed by atoms with van der Waals surface area (Å²) >= 11 is 0. The minimum absolute atomic E-state index is 0.0107. The molecule has 0 spiro atoms. The fourth-order valence-electron chi connectivity index (χ4n) is 4.66. The van der Waals surface area contributed by atoms with E-state index in [9.17, 15) is 37.1 Å². The lowest BCUT2D eigenvalue weighted by atomic mass is 9.83. The SMILES string of the molecule is CCOC(=O)[C@@H]1N(Cc2ccnc(NC(=O)OCOC(=O)C(C)C)c2)C(=O)N1C(=O)N[C@@H](C1CCCCC1)C(F)(F)F. The van der Waals surface area contributed by atoms with Crippen LogP contribution in [0.15, 0.2) is 18.3 Å². The van der Waals surface area contributed by atoms with Gasteiger partial charge in [-0.15, -0.1) is 0 Å². The predicted molar refractivity (Wildman–Crippen MR) is 138 cm³/mol. The van der Waals surface area contributed by atoms with Crippen LogP contribution in [0.25, 0.3) is 0 Å². The summed E-state index contributed by atoms with van der Waals surface area (Å²) in [5, 5.41) is 4.25. The summed E-state index contributed by atoms with van der Waals surface area (Å²) in [6.07, 6.45) is -3.49. The zero-order chi connectivity index (χ0) is 31.0. The molecule has 1 aliphatic heterocycles. The van der Waals surface area contributed by atoms with Crippen LogP contribution in [0.4, 0.5) is 33.4 Å². The van der Waals surface area contributed by atoms with Gasteiger partial charge in [0.05, 0.1) is 19.1 Å². The summed E-state index contributed by atoms with van der Waals surface area (Å²) in [7, 11) is 0. The number of halogens is 3. The van der Waals surface area contributed by atoms with E-state index >= 15 is 0 Å². The molecule has 1 saturated carbocycles. The molecule has 0 bridgehead atoms. The monoisotopic (exact) mass is 601 g/mol. The van der Waals surface area contributed by atoms with Crippen LogP contribution >= 0.6 is 0 Å². The summed E-state index contributed by atoms with van der Waals surface area (Å²) < 4.78 is 56.1. The molecule has 1 aliphatic carbocycles. The van der Waals surface area contributed by atoms with E-state index in [1.807, 2.05) is 5.32 Å². The normalized spacial score (nSPS) is 18.2. The smallest absolute Gasteiger partial charge is 0.415 e. The molecular weight excluding hydrogens is 567 g/mol. The van der Waals surface area contributed by atoms with Gasteiger partial charge in [-0.1, -0.05) is 33.1 Å². The Morgan fingerprint density at radius 2 is 1.79 bits per heavy atom. The molecule has 1 saturated heterocycles. The third-order valence-corrected chi connectivity index (χ3v) is 6.73. The number of hydrogen-bond acceptors (Lipinski definition) is 9. The van der Waals surface area contributed by atoms with E-state index in [2.05, 4.69) is 10.3 Å².